The van der Waals surface area contributed by atoms with Crippen LogP contribution in [0.25, 0.3) is 0 Å². The molecule has 1 amide bonds. The summed E-state index contributed by atoms with van der Waals surface area (Å²) in [7, 11) is 0. The summed E-state index contributed by atoms with van der Waals surface area (Å²) in [5.74, 6) is -1.25. The van der Waals surface area contributed by atoms with Gasteiger partial charge in [-0.2, -0.15) is 0 Å². The fraction of sp³-hybridized carbons (Fsp3) is 0.296. The molecule has 1 aromatic heterocycles. The Morgan fingerprint density at radius 1 is 1.12 bits per heavy atom. The highest BCUT2D eigenvalue weighted by molar-refractivity contribution is 7.10. The molecule has 34 heavy (non-hydrogen) atoms. The first-order chi connectivity index (χ1) is 16.4. The number of carbonyl (C=O) groups is 3. The number of amides is 1. The number of rotatable bonds is 7. The second kappa shape index (κ2) is 10.7. The van der Waals surface area contributed by atoms with E-state index in [0.717, 1.165) is 24.0 Å². The predicted molar refractivity (Wildman–Crippen MR) is 131 cm³/mol. The van der Waals surface area contributed by atoms with E-state index >= 15 is 0 Å². The van der Waals surface area contributed by atoms with E-state index in [4.69, 9.17) is 4.74 Å². The van der Waals surface area contributed by atoms with Crippen molar-refractivity contribution >= 4 is 29.2 Å². The molecule has 2 aromatic carbocycles. The molecule has 3 aromatic rings. The molecule has 6 nitrogen and oxygen atoms in total. The molecule has 176 valence electrons. The lowest BCUT2D eigenvalue weighted by Gasteiger charge is -2.32. The van der Waals surface area contributed by atoms with E-state index in [1.54, 1.807) is 11.0 Å². The highest BCUT2D eigenvalue weighted by atomic mass is 32.1. The van der Waals surface area contributed by atoms with E-state index in [0.29, 0.717) is 29.1 Å². The quantitative estimate of drug-likeness (QED) is 0.442. The number of nitrogens with zero attached hydrogens (tertiary/aromatic N) is 1. The average Bonchev–Trinajstić information content (AvgIpc) is 3.27. The molecule has 1 N–H and O–H groups in total. The number of likely N-dealkylation sites (tertiary alicyclic amines) is 1. The maximum absolute atomic E-state index is 12.8. The molecule has 0 saturated carbocycles. The summed E-state index contributed by atoms with van der Waals surface area (Å²) >= 11 is 1.31. The molecule has 0 radical (unpaired) electrons. The number of Topliss-reactive ketones (excluding diaryl/α,β-unsaturated/α-hetero) is 1. The number of ether oxygens (including phenoxy) is 1. The van der Waals surface area contributed by atoms with Gasteiger partial charge in [-0.3, -0.25) is 4.79 Å². The van der Waals surface area contributed by atoms with E-state index < -0.39 is 12.1 Å². The molecule has 0 bridgehead atoms. The highest BCUT2D eigenvalue weighted by Crippen LogP contribution is 2.35. The molecule has 2 heterocycles. The van der Waals surface area contributed by atoms with Crippen molar-refractivity contribution in [2.24, 2.45) is 0 Å². The summed E-state index contributed by atoms with van der Waals surface area (Å²) in [5.41, 5.74) is 3.38. The molecular formula is C27H27NO5S. The van der Waals surface area contributed by atoms with Gasteiger partial charge in [-0.1, -0.05) is 54.1 Å². The third-order valence-corrected chi connectivity index (χ3v) is 7.10. The molecule has 0 aliphatic carbocycles. The van der Waals surface area contributed by atoms with Crippen molar-refractivity contribution < 1.29 is 24.2 Å². The first kappa shape index (κ1) is 23.7. The van der Waals surface area contributed by atoms with Crippen molar-refractivity contribution in [1.29, 1.82) is 0 Å². The van der Waals surface area contributed by atoms with Gasteiger partial charge in [0.1, 0.15) is 6.61 Å². The third-order valence-electron chi connectivity index (χ3n) is 6.10. The van der Waals surface area contributed by atoms with Crippen LogP contribution in [0.3, 0.4) is 0 Å². The number of benzene rings is 2. The average molecular weight is 478 g/mol. The molecule has 1 atom stereocenters. The number of thiophene rings is 1. The zero-order valence-corrected chi connectivity index (χ0v) is 19.8. The van der Waals surface area contributed by atoms with Gasteiger partial charge < -0.3 is 14.7 Å². The minimum atomic E-state index is -1.04. The van der Waals surface area contributed by atoms with E-state index in [2.05, 4.69) is 0 Å². The number of carboxylic acid groups (broad SMARTS) is 1. The van der Waals surface area contributed by atoms with E-state index in [-0.39, 0.29) is 30.3 Å². The molecule has 7 heteroatoms. The van der Waals surface area contributed by atoms with Crippen molar-refractivity contribution in [1.82, 2.24) is 4.90 Å². The van der Waals surface area contributed by atoms with Crippen LogP contribution in [0.1, 0.15) is 61.0 Å². The Balaban J connectivity index is 1.46. The van der Waals surface area contributed by atoms with Crippen LogP contribution in [-0.2, 0) is 17.8 Å². The number of aromatic carboxylic acids is 1. The second-order valence-corrected chi connectivity index (χ2v) is 9.55. The van der Waals surface area contributed by atoms with Crippen LogP contribution < -0.4 is 0 Å². The van der Waals surface area contributed by atoms with Gasteiger partial charge in [0.25, 0.3) is 0 Å². The smallest absolute Gasteiger partial charge is 0.410 e. The lowest BCUT2D eigenvalue weighted by atomic mass is 9.89. The minimum absolute atomic E-state index is 0.0469. The monoisotopic (exact) mass is 477 g/mol. The molecule has 1 aliphatic rings. The van der Waals surface area contributed by atoms with Gasteiger partial charge >= 0.3 is 12.1 Å². The Hall–Kier alpha value is -3.45. The van der Waals surface area contributed by atoms with Crippen LogP contribution in [0.5, 0.6) is 0 Å². The number of carbonyl (C=O) groups excluding carboxylic acids is 2. The molecule has 4 rings (SSSR count). The molecular weight excluding hydrogens is 450 g/mol. The Morgan fingerprint density at radius 3 is 2.65 bits per heavy atom. The second-order valence-electron chi connectivity index (χ2n) is 8.59. The van der Waals surface area contributed by atoms with Crippen LogP contribution in [-0.4, -0.2) is 40.9 Å². The molecule has 1 saturated heterocycles. The summed E-state index contributed by atoms with van der Waals surface area (Å²) in [6, 6.07) is 16.8. The maximum Gasteiger partial charge on any atom is 0.410 e. The van der Waals surface area contributed by atoms with E-state index in [1.165, 1.54) is 11.3 Å². The normalized spacial score (nSPS) is 15.7. The Kier molecular flexibility index (Phi) is 7.43. The molecule has 0 spiro atoms. The largest absolute Gasteiger partial charge is 0.478 e. The zero-order chi connectivity index (χ0) is 24.1. The predicted octanol–water partition coefficient (Wildman–Crippen LogP) is 5.70. The molecule has 1 unspecified atom stereocenters. The fourth-order valence-electron chi connectivity index (χ4n) is 4.36. The standard InChI is InChI=1S/C27H27NO5S/c1-18-7-5-10-20(13-18)23(29)14-24-25(26(30)31)22(17-34-24)21-11-6-12-28(15-21)27(32)33-16-19-8-3-2-4-9-19/h2-5,7-10,13,17,21H,6,11-12,14-16H2,1H3,(H,30,31). The fourth-order valence-corrected chi connectivity index (χ4v) is 5.48. The zero-order valence-electron chi connectivity index (χ0n) is 19.0. The highest BCUT2D eigenvalue weighted by Gasteiger charge is 2.31. The van der Waals surface area contributed by atoms with Crippen LogP contribution in [0, 0.1) is 6.92 Å². The van der Waals surface area contributed by atoms with Crippen LogP contribution in [0.15, 0.2) is 60.0 Å². The summed E-state index contributed by atoms with van der Waals surface area (Å²) in [4.78, 5) is 39.8. The minimum Gasteiger partial charge on any atom is -0.478 e. The lowest BCUT2D eigenvalue weighted by Crippen LogP contribution is -2.39. The van der Waals surface area contributed by atoms with Gasteiger partial charge in [0, 0.05) is 35.9 Å². The van der Waals surface area contributed by atoms with Gasteiger partial charge in [0.15, 0.2) is 5.78 Å². The van der Waals surface area contributed by atoms with Gasteiger partial charge in [0.2, 0.25) is 0 Å². The number of aryl methyl sites for hydroxylation is 1. The number of carboxylic acids is 1. The Morgan fingerprint density at radius 2 is 1.91 bits per heavy atom. The van der Waals surface area contributed by atoms with Crippen molar-refractivity contribution in [3.63, 3.8) is 0 Å². The van der Waals surface area contributed by atoms with Gasteiger partial charge in [-0.05, 0) is 42.3 Å². The first-order valence-electron chi connectivity index (χ1n) is 11.3. The Bertz CT molecular complexity index is 1190. The van der Waals surface area contributed by atoms with Crippen LogP contribution in [0.4, 0.5) is 4.79 Å². The lowest BCUT2D eigenvalue weighted by molar-refractivity contribution is 0.0693. The van der Waals surface area contributed by atoms with Crippen molar-refractivity contribution in [2.45, 2.75) is 38.7 Å². The van der Waals surface area contributed by atoms with Gasteiger partial charge in [-0.25, -0.2) is 9.59 Å². The number of piperidine rings is 1. The Labute approximate surface area is 202 Å². The van der Waals surface area contributed by atoms with Crippen molar-refractivity contribution in [3.05, 3.63) is 92.7 Å². The van der Waals surface area contributed by atoms with Gasteiger partial charge in [0.05, 0.1) is 5.56 Å². The van der Waals surface area contributed by atoms with Crippen LogP contribution in [0.2, 0.25) is 0 Å². The summed E-state index contributed by atoms with van der Waals surface area (Å²) in [6.45, 7) is 3.10. The topological polar surface area (TPSA) is 83.9 Å². The van der Waals surface area contributed by atoms with E-state index in [9.17, 15) is 19.5 Å². The van der Waals surface area contributed by atoms with E-state index in [1.807, 2.05) is 60.8 Å². The number of ketones is 1. The summed E-state index contributed by atoms with van der Waals surface area (Å²) in [5, 5.41) is 11.8. The van der Waals surface area contributed by atoms with Crippen LogP contribution >= 0.6 is 11.3 Å². The number of hydrogen-bond acceptors (Lipinski definition) is 5. The molecule has 1 fully saturated rings. The SMILES string of the molecule is Cc1cccc(C(=O)Cc2scc(C3CCCN(C(=O)OCc4ccccc4)C3)c2C(=O)O)c1. The van der Waals surface area contributed by atoms with Crippen molar-refractivity contribution in [2.75, 3.05) is 13.1 Å². The molecule has 1 aliphatic heterocycles. The van der Waals surface area contributed by atoms with Crippen molar-refractivity contribution in [3.8, 4) is 0 Å². The third kappa shape index (κ3) is 5.54. The van der Waals surface area contributed by atoms with Gasteiger partial charge in [-0.15, -0.1) is 11.3 Å². The first-order valence-corrected chi connectivity index (χ1v) is 12.2. The summed E-state index contributed by atoms with van der Waals surface area (Å²) < 4.78 is 5.47. The maximum atomic E-state index is 12.8. The summed E-state index contributed by atoms with van der Waals surface area (Å²) in [6.07, 6.45) is 1.20. The number of hydrogen-bond donors (Lipinski definition) is 1.